The summed E-state index contributed by atoms with van der Waals surface area (Å²) in [5, 5.41) is 3.34. The van der Waals surface area contributed by atoms with Crippen molar-refractivity contribution in [3.8, 4) is 0 Å². The van der Waals surface area contributed by atoms with Crippen LogP contribution in [0.3, 0.4) is 0 Å². The van der Waals surface area contributed by atoms with Gasteiger partial charge in [0, 0.05) is 9.50 Å². The first-order chi connectivity index (χ1) is 7.95. The summed E-state index contributed by atoms with van der Waals surface area (Å²) in [6.45, 7) is 3.96. The number of anilines is 1. The zero-order valence-electron chi connectivity index (χ0n) is 9.84. The van der Waals surface area contributed by atoms with E-state index in [1.54, 1.807) is 18.2 Å². The largest absolute Gasteiger partial charge is 0.324 e. The number of nitrogens with one attached hydrogen (secondary N) is 1. The molecule has 1 amide bonds. The lowest BCUT2D eigenvalue weighted by Gasteiger charge is -2.18. The summed E-state index contributed by atoms with van der Waals surface area (Å²) in [5.41, 5.74) is 6.49. The van der Waals surface area contributed by atoms with Crippen LogP contribution < -0.4 is 11.1 Å². The Labute approximate surface area is 115 Å². The second kappa shape index (κ2) is 6.38. The van der Waals surface area contributed by atoms with Gasteiger partial charge in [-0.15, -0.1) is 0 Å². The molecule has 0 heterocycles. The second-order valence-corrected chi connectivity index (χ2v) is 5.32. The predicted octanol–water partition coefficient (Wildman–Crippen LogP) is 3.41. The van der Waals surface area contributed by atoms with Gasteiger partial charge in [-0.05, 0) is 40.0 Å². The lowest BCUT2D eigenvalue weighted by molar-refractivity contribution is -0.118. The molecule has 0 aliphatic carbocycles. The van der Waals surface area contributed by atoms with E-state index < -0.39 is 6.04 Å². The van der Waals surface area contributed by atoms with Crippen molar-refractivity contribution in [2.24, 2.45) is 11.7 Å². The molecule has 3 nitrogen and oxygen atoms in total. The van der Waals surface area contributed by atoms with E-state index in [9.17, 15) is 4.79 Å². The van der Waals surface area contributed by atoms with E-state index in [1.165, 1.54) is 0 Å². The van der Waals surface area contributed by atoms with Gasteiger partial charge in [0.1, 0.15) is 0 Å². The van der Waals surface area contributed by atoms with Crippen molar-refractivity contribution in [2.45, 2.75) is 26.3 Å². The molecule has 0 spiro atoms. The van der Waals surface area contributed by atoms with E-state index in [4.69, 9.17) is 17.3 Å². The predicted molar refractivity (Wildman–Crippen MR) is 75.2 cm³/mol. The van der Waals surface area contributed by atoms with E-state index in [1.807, 2.05) is 13.8 Å². The van der Waals surface area contributed by atoms with Gasteiger partial charge in [0.25, 0.3) is 0 Å². The van der Waals surface area contributed by atoms with Crippen molar-refractivity contribution in [1.82, 2.24) is 0 Å². The first-order valence-electron chi connectivity index (χ1n) is 5.47. The second-order valence-electron chi connectivity index (χ2n) is 4.02. The number of benzene rings is 1. The number of carbonyl (C=O) groups excluding carboxylic acids is 1. The van der Waals surface area contributed by atoms with Gasteiger partial charge in [0.05, 0.1) is 11.7 Å². The summed E-state index contributed by atoms with van der Waals surface area (Å²) in [6, 6.07) is 4.71. The Kier molecular flexibility index (Phi) is 5.43. The first-order valence-corrected chi connectivity index (χ1v) is 6.64. The molecule has 0 saturated carbocycles. The van der Waals surface area contributed by atoms with Crippen molar-refractivity contribution in [2.75, 3.05) is 5.32 Å². The van der Waals surface area contributed by atoms with Gasteiger partial charge < -0.3 is 11.1 Å². The molecule has 5 heteroatoms. The molecule has 1 rings (SSSR count). The van der Waals surface area contributed by atoms with Crippen molar-refractivity contribution in [3.05, 3.63) is 27.7 Å². The Morgan fingerprint density at radius 2 is 2.24 bits per heavy atom. The molecule has 0 saturated heterocycles. The maximum absolute atomic E-state index is 11.9. The van der Waals surface area contributed by atoms with Gasteiger partial charge in [-0.1, -0.05) is 31.9 Å². The summed E-state index contributed by atoms with van der Waals surface area (Å²) in [5.74, 6) is -0.0460. The van der Waals surface area contributed by atoms with E-state index >= 15 is 0 Å². The van der Waals surface area contributed by atoms with Crippen molar-refractivity contribution in [3.63, 3.8) is 0 Å². The topological polar surface area (TPSA) is 55.1 Å². The van der Waals surface area contributed by atoms with Crippen LogP contribution in [0, 0.1) is 5.92 Å². The minimum Gasteiger partial charge on any atom is -0.324 e. The van der Waals surface area contributed by atoms with E-state index in [0.717, 1.165) is 10.9 Å². The molecule has 1 aromatic rings. The number of hydrogen-bond donors (Lipinski definition) is 2. The third-order valence-electron chi connectivity index (χ3n) is 2.75. The van der Waals surface area contributed by atoms with Crippen molar-refractivity contribution >= 4 is 39.1 Å². The molecule has 94 valence electrons. The van der Waals surface area contributed by atoms with Gasteiger partial charge >= 0.3 is 0 Å². The minimum absolute atomic E-state index is 0.146. The lowest BCUT2D eigenvalue weighted by atomic mass is 9.99. The van der Waals surface area contributed by atoms with Crippen molar-refractivity contribution in [1.29, 1.82) is 0 Å². The fraction of sp³-hybridized carbons (Fsp3) is 0.417. The molecule has 17 heavy (non-hydrogen) atoms. The van der Waals surface area contributed by atoms with Crippen LogP contribution in [-0.4, -0.2) is 11.9 Å². The number of carbonyl (C=O) groups is 1. The molecule has 1 aromatic carbocycles. The maximum Gasteiger partial charge on any atom is 0.241 e. The van der Waals surface area contributed by atoms with Crippen LogP contribution in [0.1, 0.15) is 20.3 Å². The quantitative estimate of drug-likeness (QED) is 0.893. The van der Waals surface area contributed by atoms with E-state index in [-0.39, 0.29) is 11.8 Å². The zero-order chi connectivity index (χ0) is 13.0. The van der Waals surface area contributed by atoms with Crippen molar-refractivity contribution < 1.29 is 4.79 Å². The van der Waals surface area contributed by atoms with Crippen LogP contribution in [0.2, 0.25) is 5.02 Å². The monoisotopic (exact) mass is 318 g/mol. The van der Waals surface area contributed by atoms with Crippen LogP contribution in [0.25, 0.3) is 0 Å². The highest BCUT2D eigenvalue weighted by Gasteiger charge is 2.20. The summed E-state index contributed by atoms with van der Waals surface area (Å²) < 4.78 is 0.784. The minimum atomic E-state index is -0.508. The van der Waals surface area contributed by atoms with Gasteiger partial charge in [0.15, 0.2) is 0 Å². The van der Waals surface area contributed by atoms with E-state index in [2.05, 4.69) is 21.2 Å². The van der Waals surface area contributed by atoms with Crippen LogP contribution in [0.15, 0.2) is 22.7 Å². The number of hydrogen-bond acceptors (Lipinski definition) is 2. The Morgan fingerprint density at radius 3 is 2.82 bits per heavy atom. The standard InChI is InChI=1S/C12H16BrClN2O/c1-3-7(2)11(15)12(17)16-10-6-8(14)4-5-9(10)13/h4-7,11H,3,15H2,1-2H3,(H,16,17). The van der Waals surface area contributed by atoms with Crippen LogP contribution in [0.5, 0.6) is 0 Å². The fourth-order valence-corrected chi connectivity index (χ4v) is 1.84. The Hall–Kier alpha value is -0.580. The Balaban J connectivity index is 2.77. The molecule has 2 atom stereocenters. The van der Waals surface area contributed by atoms with Gasteiger partial charge in [-0.25, -0.2) is 0 Å². The molecule has 2 unspecified atom stereocenters. The number of amides is 1. The van der Waals surface area contributed by atoms with Crippen LogP contribution in [0.4, 0.5) is 5.69 Å². The van der Waals surface area contributed by atoms with Gasteiger partial charge in [0.2, 0.25) is 5.91 Å². The average molecular weight is 320 g/mol. The molecule has 0 aliphatic heterocycles. The molecule has 0 aliphatic rings. The molecule has 0 radical (unpaired) electrons. The average Bonchev–Trinajstić information content (AvgIpc) is 2.31. The number of nitrogens with two attached hydrogens (primary N) is 1. The SMILES string of the molecule is CCC(C)C(N)C(=O)Nc1cc(Cl)ccc1Br. The number of halogens is 2. The molecular formula is C12H16BrClN2O. The molecule has 0 bridgehead atoms. The van der Waals surface area contributed by atoms with Gasteiger partial charge in [-0.3, -0.25) is 4.79 Å². The molecule has 3 N–H and O–H groups in total. The smallest absolute Gasteiger partial charge is 0.241 e. The van der Waals surface area contributed by atoms with E-state index in [0.29, 0.717) is 10.7 Å². The van der Waals surface area contributed by atoms with Gasteiger partial charge in [-0.2, -0.15) is 0 Å². The number of rotatable bonds is 4. The fourth-order valence-electron chi connectivity index (χ4n) is 1.32. The Bertz CT molecular complexity index is 411. The molecule has 0 aromatic heterocycles. The Morgan fingerprint density at radius 1 is 1.59 bits per heavy atom. The highest BCUT2D eigenvalue weighted by atomic mass is 79.9. The summed E-state index contributed by atoms with van der Waals surface area (Å²) in [7, 11) is 0. The molecular weight excluding hydrogens is 304 g/mol. The lowest BCUT2D eigenvalue weighted by Crippen LogP contribution is -2.40. The zero-order valence-corrected chi connectivity index (χ0v) is 12.2. The third-order valence-corrected chi connectivity index (χ3v) is 3.67. The van der Waals surface area contributed by atoms with Crippen LogP contribution in [-0.2, 0) is 4.79 Å². The normalized spacial score (nSPS) is 14.2. The third kappa shape index (κ3) is 3.98. The highest BCUT2D eigenvalue weighted by molar-refractivity contribution is 9.10. The maximum atomic E-state index is 11.9. The molecule has 0 fully saturated rings. The first kappa shape index (κ1) is 14.5. The summed E-state index contributed by atoms with van der Waals surface area (Å²) in [6.07, 6.45) is 0.866. The highest BCUT2D eigenvalue weighted by Crippen LogP contribution is 2.26. The summed E-state index contributed by atoms with van der Waals surface area (Å²) in [4.78, 5) is 11.9. The van der Waals surface area contributed by atoms with Crippen LogP contribution >= 0.6 is 27.5 Å². The summed E-state index contributed by atoms with van der Waals surface area (Å²) >= 11 is 9.21.